The number of halogens is 1. The molecule has 1 aliphatic carbocycles. The summed E-state index contributed by atoms with van der Waals surface area (Å²) in [5.41, 5.74) is 8.92. The van der Waals surface area contributed by atoms with Gasteiger partial charge in [-0.25, -0.2) is 9.59 Å². The normalized spacial score (nSPS) is 13.6. The average Bonchev–Trinajstić information content (AvgIpc) is 3.17. The molecule has 3 aromatic rings. The molecule has 31 heavy (non-hydrogen) atoms. The van der Waals surface area contributed by atoms with E-state index in [2.05, 4.69) is 5.32 Å². The Bertz CT molecular complexity index is 1200. The van der Waals surface area contributed by atoms with E-state index in [9.17, 15) is 14.4 Å². The van der Waals surface area contributed by atoms with Crippen LogP contribution < -0.4 is 16.7 Å². The Morgan fingerprint density at radius 3 is 2.55 bits per heavy atom. The number of fused-ring (bicyclic) bond motifs is 2. The summed E-state index contributed by atoms with van der Waals surface area (Å²) in [6.45, 7) is -0.0797. The first-order valence-electron chi connectivity index (χ1n) is 9.94. The molecular formula is C23H21ClN2O5. The third-order valence-electron chi connectivity index (χ3n) is 5.39. The van der Waals surface area contributed by atoms with Crippen LogP contribution in [0.1, 0.15) is 41.1 Å². The van der Waals surface area contributed by atoms with Gasteiger partial charge in [-0.05, 0) is 60.2 Å². The van der Waals surface area contributed by atoms with Crippen molar-refractivity contribution in [3.63, 3.8) is 0 Å². The summed E-state index contributed by atoms with van der Waals surface area (Å²) in [7, 11) is 0. The highest BCUT2D eigenvalue weighted by molar-refractivity contribution is 6.30. The van der Waals surface area contributed by atoms with Crippen molar-refractivity contribution in [3.05, 3.63) is 80.2 Å². The second-order valence-electron chi connectivity index (χ2n) is 7.54. The first kappa shape index (κ1) is 20.9. The number of esters is 1. The molecule has 2 amide bonds. The van der Waals surface area contributed by atoms with Crippen LogP contribution in [0.25, 0.3) is 11.0 Å². The van der Waals surface area contributed by atoms with Crippen LogP contribution in [0.5, 0.6) is 0 Å². The van der Waals surface area contributed by atoms with Gasteiger partial charge in [0, 0.05) is 22.0 Å². The van der Waals surface area contributed by atoms with E-state index < -0.39 is 23.7 Å². The van der Waals surface area contributed by atoms with Crippen molar-refractivity contribution in [2.24, 2.45) is 5.73 Å². The van der Waals surface area contributed by atoms with E-state index in [0.29, 0.717) is 21.7 Å². The molecule has 1 aromatic heterocycles. The Morgan fingerprint density at radius 1 is 1.13 bits per heavy atom. The van der Waals surface area contributed by atoms with Gasteiger partial charge in [-0.15, -0.1) is 0 Å². The summed E-state index contributed by atoms with van der Waals surface area (Å²) in [6.07, 6.45) is 2.89. The Balaban J connectivity index is 1.51. The standard InChI is InChI=1S/C23H21ClN2O5/c24-17-6-4-13(5-7-17)19(26-23(25)29)11-21(27)30-12-16-10-22(28)31-20-9-15-3-1-2-14(15)8-18(16)20/h4-10,19H,1-3,11-12H2,(H3,25,26,29)/t19-/m1/s1. The van der Waals surface area contributed by atoms with E-state index in [4.69, 9.17) is 26.5 Å². The van der Waals surface area contributed by atoms with Crippen LogP contribution in [-0.2, 0) is 29.0 Å². The second kappa shape index (κ2) is 8.81. The lowest BCUT2D eigenvalue weighted by Gasteiger charge is -2.17. The lowest BCUT2D eigenvalue weighted by Crippen LogP contribution is -2.34. The Labute approximate surface area is 183 Å². The van der Waals surface area contributed by atoms with E-state index >= 15 is 0 Å². The molecule has 4 rings (SSSR count). The molecule has 0 saturated heterocycles. The molecule has 0 bridgehead atoms. The molecule has 1 atom stereocenters. The van der Waals surface area contributed by atoms with E-state index in [1.807, 2.05) is 12.1 Å². The highest BCUT2D eigenvalue weighted by Crippen LogP contribution is 2.29. The minimum absolute atomic E-state index is 0.0797. The molecular weight excluding hydrogens is 420 g/mol. The van der Waals surface area contributed by atoms with Crippen LogP contribution >= 0.6 is 11.6 Å². The Kier molecular flexibility index (Phi) is 5.95. The van der Waals surface area contributed by atoms with Crippen molar-refractivity contribution in [1.82, 2.24) is 5.32 Å². The predicted octanol–water partition coefficient (Wildman–Crippen LogP) is 3.78. The van der Waals surface area contributed by atoms with Crippen LogP contribution in [0.4, 0.5) is 4.79 Å². The number of nitrogens with one attached hydrogen (secondary N) is 1. The highest BCUT2D eigenvalue weighted by Gasteiger charge is 2.20. The van der Waals surface area contributed by atoms with Crippen molar-refractivity contribution >= 4 is 34.6 Å². The number of aryl methyl sites for hydroxylation is 2. The molecule has 160 valence electrons. The van der Waals surface area contributed by atoms with Gasteiger partial charge in [0.25, 0.3) is 0 Å². The fraction of sp³-hybridized carbons (Fsp3) is 0.261. The number of benzene rings is 2. The molecule has 1 aliphatic rings. The molecule has 8 heteroatoms. The van der Waals surface area contributed by atoms with Crippen LogP contribution in [0, 0.1) is 0 Å². The lowest BCUT2D eigenvalue weighted by molar-refractivity contribution is -0.145. The van der Waals surface area contributed by atoms with Gasteiger partial charge in [0.15, 0.2) is 0 Å². The number of hydrogen-bond acceptors (Lipinski definition) is 5. The van der Waals surface area contributed by atoms with Crippen LogP contribution in [0.3, 0.4) is 0 Å². The molecule has 1 heterocycles. The van der Waals surface area contributed by atoms with E-state index in [-0.39, 0.29) is 13.0 Å². The van der Waals surface area contributed by atoms with Crippen LogP contribution in [0.2, 0.25) is 5.02 Å². The van der Waals surface area contributed by atoms with Crippen LogP contribution in [-0.4, -0.2) is 12.0 Å². The number of primary amides is 1. The molecule has 0 unspecified atom stereocenters. The molecule has 0 radical (unpaired) electrons. The quantitative estimate of drug-likeness (QED) is 0.447. The van der Waals surface area contributed by atoms with E-state index in [1.165, 1.54) is 17.2 Å². The van der Waals surface area contributed by atoms with Crippen molar-refractivity contribution in [3.8, 4) is 0 Å². The summed E-state index contributed by atoms with van der Waals surface area (Å²) < 4.78 is 10.8. The molecule has 2 aromatic carbocycles. The maximum atomic E-state index is 12.5. The summed E-state index contributed by atoms with van der Waals surface area (Å²) in [5, 5.41) is 3.84. The maximum absolute atomic E-state index is 12.5. The highest BCUT2D eigenvalue weighted by atomic mass is 35.5. The topological polar surface area (TPSA) is 112 Å². The number of urea groups is 1. The van der Waals surface area contributed by atoms with E-state index in [1.54, 1.807) is 24.3 Å². The summed E-state index contributed by atoms with van der Waals surface area (Å²) in [5.74, 6) is -0.545. The van der Waals surface area contributed by atoms with Gasteiger partial charge in [0.1, 0.15) is 12.2 Å². The van der Waals surface area contributed by atoms with Crippen molar-refractivity contribution in [2.75, 3.05) is 0 Å². The third-order valence-corrected chi connectivity index (χ3v) is 5.64. The van der Waals surface area contributed by atoms with Gasteiger partial charge >= 0.3 is 17.6 Å². The number of carbonyl (C=O) groups is 2. The van der Waals surface area contributed by atoms with Gasteiger partial charge in [-0.3, -0.25) is 4.79 Å². The van der Waals surface area contributed by atoms with Gasteiger partial charge < -0.3 is 20.2 Å². The first-order chi connectivity index (χ1) is 14.9. The summed E-state index contributed by atoms with van der Waals surface area (Å²) in [4.78, 5) is 35.9. The van der Waals surface area contributed by atoms with E-state index in [0.717, 1.165) is 24.6 Å². The predicted molar refractivity (Wildman–Crippen MR) is 116 cm³/mol. The number of ether oxygens (including phenoxy) is 1. The number of amides is 2. The minimum Gasteiger partial charge on any atom is -0.461 e. The molecule has 7 nitrogen and oxygen atoms in total. The third kappa shape index (κ3) is 4.88. The Hall–Kier alpha value is -3.32. The Morgan fingerprint density at radius 2 is 1.84 bits per heavy atom. The zero-order valence-corrected chi connectivity index (χ0v) is 17.4. The molecule has 0 saturated carbocycles. The zero-order valence-electron chi connectivity index (χ0n) is 16.7. The van der Waals surface area contributed by atoms with Gasteiger partial charge in [-0.1, -0.05) is 23.7 Å². The number of nitrogens with two attached hydrogens (primary N) is 1. The fourth-order valence-electron chi connectivity index (χ4n) is 3.92. The largest absolute Gasteiger partial charge is 0.461 e. The number of carbonyl (C=O) groups excluding carboxylic acids is 2. The lowest BCUT2D eigenvalue weighted by atomic mass is 10.0. The number of hydrogen-bond donors (Lipinski definition) is 2. The van der Waals surface area contributed by atoms with Crippen LogP contribution in [0.15, 0.2) is 51.7 Å². The monoisotopic (exact) mass is 440 g/mol. The molecule has 0 spiro atoms. The van der Waals surface area contributed by atoms with Crippen molar-refractivity contribution < 1.29 is 18.7 Å². The summed E-state index contributed by atoms with van der Waals surface area (Å²) in [6, 6.07) is 10.6. The number of rotatable bonds is 6. The zero-order chi connectivity index (χ0) is 22.0. The fourth-order valence-corrected chi connectivity index (χ4v) is 4.04. The molecule has 3 N–H and O–H groups in total. The minimum atomic E-state index is -0.756. The van der Waals surface area contributed by atoms with Crippen molar-refractivity contribution in [2.45, 2.75) is 38.3 Å². The van der Waals surface area contributed by atoms with Gasteiger partial charge in [0.05, 0.1) is 12.5 Å². The molecule has 0 fully saturated rings. The summed E-state index contributed by atoms with van der Waals surface area (Å²) >= 11 is 5.90. The van der Waals surface area contributed by atoms with Gasteiger partial charge in [0.2, 0.25) is 0 Å². The maximum Gasteiger partial charge on any atom is 0.336 e. The SMILES string of the molecule is NC(=O)N[C@H](CC(=O)OCc1cc(=O)oc2cc3c(cc12)CCC3)c1ccc(Cl)cc1. The smallest absolute Gasteiger partial charge is 0.336 e. The molecule has 0 aliphatic heterocycles. The second-order valence-corrected chi connectivity index (χ2v) is 7.98. The van der Waals surface area contributed by atoms with Gasteiger partial charge in [-0.2, -0.15) is 0 Å². The first-order valence-corrected chi connectivity index (χ1v) is 10.3. The average molecular weight is 441 g/mol. The van der Waals surface area contributed by atoms with Crippen molar-refractivity contribution in [1.29, 1.82) is 0 Å².